The highest BCUT2D eigenvalue weighted by Crippen LogP contribution is 2.27. The molecule has 0 saturated heterocycles. The molecule has 0 heterocycles. The minimum atomic E-state index is -3.58. The largest absolute Gasteiger partial charge is 0.480 e. The maximum atomic E-state index is 11.4. The van der Waals surface area contributed by atoms with Crippen molar-refractivity contribution in [3.63, 3.8) is 0 Å². The molecule has 0 aliphatic heterocycles. The van der Waals surface area contributed by atoms with Crippen molar-refractivity contribution >= 4 is 27.6 Å². The third-order valence-corrected chi connectivity index (χ3v) is 3.54. The van der Waals surface area contributed by atoms with Gasteiger partial charge in [-0.15, -0.1) is 0 Å². The van der Waals surface area contributed by atoms with Gasteiger partial charge in [0.1, 0.15) is 5.75 Å². The molecule has 94 valence electrons. The van der Waals surface area contributed by atoms with Gasteiger partial charge in [0.05, 0.1) is 9.92 Å². The van der Waals surface area contributed by atoms with Crippen LogP contribution in [0.3, 0.4) is 0 Å². The number of carboxylic acid groups (broad SMARTS) is 1. The first-order chi connectivity index (χ1) is 7.86. The standard InChI is InChI=1S/C9H10ClNO5S/c1-11-17(14,15)6-2-3-8(7(10)4-6)16-5-9(12)13/h2-4,11H,5H2,1H3,(H,12,13). The van der Waals surface area contributed by atoms with E-state index in [0.29, 0.717) is 0 Å². The molecule has 0 fully saturated rings. The zero-order valence-electron chi connectivity index (χ0n) is 8.81. The van der Waals surface area contributed by atoms with Crippen molar-refractivity contribution in [2.45, 2.75) is 4.90 Å². The number of benzene rings is 1. The molecule has 8 heteroatoms. The fourth-order valence-corrected chi connectivity index (χ4v) is 2.08. The number of sulfonamides is 1. The second-order valence-corrected chi connectivity index (χ2v) is 5.28. The van der Waals surface area contributed by atoms with Gasteiger partial charge in [0, 0.05) is 0 Å². The van der Waals surface area contributed by atoms with Gasteiger partial charge >= 0.3 is 5.97 Å². The number of hydrogen-bond donors (Lipinski definition) is 2. The van der Waals surface area contributed by atoms with Crippen molar-refractivity contribution in [1.29, 1.82) is 0 Å². The van der Waals surface area contributed by atoms with E-state index in [-0.39, 0.29) is 15.7 Å². The Balaban J connectivity index is 2.98. The second kappa shape index (κ2) is 5.35. The molecule has 0 atom stereocenters. The van der Waals surface area contributed by atoms with Crippen LogP contribution in [0.1, 0.15) is 0 Å². The highest BCUT2D eigenvalue weighted by molar-refractivity contribution is 7.89. The SMILES string of the molecule is CNS(=O)(=O)c1ccc(OCC(=O)O)c(Cl)c1. The Labute approximate surface area is 103 Å². The number of hydrogen-bond acceptors (Lipinski definition) is 4. The van der Waals surface area contributed by atoms with Crippen molar-refractivity contribution in [3.05, 3.63) is 23.2 Å². The van der Waals surface area contributed by atoms with Gasteiger partial charge in [-0.1, -0.05) is 11.6 Å². The van der Waals surface area contributed by atoms with E-state index in [9.17, 15) is 13.2 Å². The first-order valence-corrected chi connectivity index (χ1v) is 6.30. The first-order valence-electron chi connectivity index (χ1n) is 4.44. The van der Waals surface area contributed by atoms with Crippen molar-refractivity contribution in [1.82, 2.24) is 4.72 Å². The van der Waals surface area contributed by atoms with Crippen LogP contribution in [0.15, 0.2) is 23.1 Å². The van der Waals surface area contributed by atoms with Crippen LogP contribution in [0.5, 0.6) is 5.75 Å². The van der Waals surface area contributed by atoms with E-state index < -0.39 is 22.6 Å². The lowest BCUT2D eigenvalue weighted by molar-refractivity contribution is -0.139. The van der Waals surface area contributed by atoms with Crippen LogP contribution in [0.25, 0.3) is 0 Å². The molecular formula is C9H10ClNO5S. The number of ether oxygens (including phenoxy) is 1. The zero-order valence-corrected chi connectivity index (χ0v) is 10.4. The van der Waals surface area contributed by atoms with Crippen LogP contribution in [-0.4, -0.2) is 33.1 Å². The minimum absolute atomic E-state index is 0.0207. The van der Waals surface area contributed by atoms with Crippen molar-refractivity contribution in [2.75, 3.05) is 13.7 Å². The number of aliphatic carboxylic acids is 1. The summed E-state index contributed by atoms with van der Waals surface area (Å²) in [5.74, 6) is -1.03. The molecule has 2 N–H and O–H groups in total. The monoisotopic (exact) mass is 279 g/mol. The molecule has 1 rings (SSSR count). The Morgan fingerprint density at radius 2 is 2.18 bits per heavy atom. The van der Waals surface area contributed by atoms with Crippen molar-refractivity contribution in [2.24, 2.45) is 0 Å². The summed E-state index contributed by atoms with van der Waals surface area (Å²) in [5.41, 5.74) is 0. The van der Waals surface area contributed by atoms with Crippen LogP contribution in [0.4, 0.5) is 0 Å². The average Bonchev–Trinajstić information content (AvgIpc) is 2.27. The van der Waals surface area contributed by atoms with Gasteiger partial charge in [0.2, 0.25) is 10.0 Å². The maximum Gasteiger partial charge on any atom is 0.341 e. The molecule has 0 aliphatic rings. The Kier molecular flexibility index (Phi) is 4.33. The molecule has 6 nitrogen and oxygen atoms in total. The summed E-state index contributed by atoms with van der Waals surface area (Å²) in [6.45, 7) is -0.544. The summed E-state index contributed by atoms with van der Waals surface area (Å²) in [4.78, 5) is 10.3. The predicted octanol–water partition coefficient (Wildman–Crippen LogP) is 0.712. The van der Waals surface area contributed by atoms with Crippen molar-refractivity contribution < 1.29 is 23.1 Å². The van der Waals surface area contributed by atoms with Gasteiger partial charge in [0.25, 0.3) is 0 Å². The Morgan fingerprint density at radius 1 is 1.53 bits per heavy atom. The lowest BCUT2D eigenvalue weighted by Gasteiger charge is -2.07. The smallest absolute Gasteiger partial charge is 0.341 e. The van der Waals surface area contributed by atoms with E-state index >= 15 is 0 Å². The highest BCUT2D eigenvalue weighted by atomic mass is 35.5. The molecule has 0 saturated carbocycles. The third kappa shape index (κ3) is 3.58. The molecule has 0 aliphatic carbocycles. The zero-order chi connectivity index (χ0) is 13.1. The summed E-state index contributed by atoms with van der Waals surface area (Å²) >= 11 is 5.77. The number of halogens is 1. The molecule has 0 bridgehead atoms. The second-order valence-electron chi connectivity index (χ2n) is 2.98. The van der Waals surface area contributed by atoms with Gasteiger partial charge in [-0.2, -0.15) is 0 Å². The predicted molar refractivity (Wildman–Crippen MR) is 60.8 cm³/mol. The molecule has 0 spiro atoms. The van der Waals surface area contributed by atoms with E-state index in [2.05, 4.69) is 4.72 Å². The molecule has 0 radical (unpaired) electrons. The van der Waals surface area contributed by atoms with Crippen LogP contribution in [0, 0.1) is 0 Å². The molecule has 0 unspecified atom stereocenters. The molecule has 1 aromatic carbocycles. The maximum absolute atomic E-state index is 11.4. The Hall–Kier alpha value is -1.31. The average molecular weight is 280 g/mol. The molecule has 17 heavy (non-hydrogen) atoms. The van der Waals surface area contributed by atoms with Crippen LogP contribution in [0.2, 0.25) is 5.02 Å². The molecule has 0 aromatic heterocycles. The quantitative estimate of drug-likeness (QED) is 0.828. The minimum Gasteiger partial charge on any atom is -0.480 e. The number of nitrogens with one attached hydrogen (secondary N) is 1. The topological polar surface area (TPSA) is 92.7 Å². The van der Waals surface area contributed by atoms with Crippen molar-refractivity contribution in [3.8, 4) is 5.75 Å². The normalized spacial score (nSPS) is 11.2. The summed E-state index contributed by atoms with van der Waals surface area (Å²) < 4.78 is 29.8. The van der Waals surface area contributed by atoms with E-state index in [1.54, 1.807) is 0 Å². The number of rotatable bonds is 5. The van der Waals surface area contributed by atoms with E-state index in [1.165, 1.54) is 25.2 Å². The van der Waals surface area contributed by atoms with E-state index in [4.69, 9.17) is 21.4 Å². The summed E-state index contributed by atoms with van der Waals surface area (Å²) in [6, 6.07) is 3.76. The van der Waals surface area contributed by atoms with Gasteiger partial charge in [-0.25, -0.2) is 17.9 Å². The Morgan fingerprint density at radius 3 is 2.65 bits per heavy atom. The number of carbonyl (C=O) groups is 1. The highest BCUT2D eigenvalue weighted by Gasteiger charge is 2.14. The molecular weight excluding hydrogens is 270 g/mol. The van der Waals surface area contributed by atoms with Crippen LogP contribution in [-0.2, 0) is 14.8 Å². The number of carboxylic acids is 1. The fourth-order valence-electron chi connectivity index (χ4n) is 1.02. The van der Waals surface area contributed by atoms with E-state index in [0.717, 1.165) is 0 Å². The van der Waals surface area contributed by atoms with Crippen LogP contribution >= 0.6 is 11.6 Å². The Bertz CT molecular complexity index is 528. The van der Waals surface area contributed by atoms with Gasteiger partial charge in [-0.05, 0) is 25.2 Å². The molecule has 0 amide bonds. The summed E-state index contributed by atoms with van der Waals surface area (Å²) in [5, 5.41) is 8.44. The van der Waals surface area contributed by atoms with E-state index in [1.807, 2.05) is 0 Å². The third-order valence-electron chi connectivity index (χ3n) is 1.83. The van der Waals surface area contributed by atoms with Gasteiger partial charge in [-0.3, -0.25) is 0 Å². The molecule has 1 aromatic rings. The first kappa shape index (κ1) is 13.8. The fraction of sp³-hybridized carbons (Fsp3) is 0.222. The summed E-state index contributed by atoms with van der Waals surface area (Å²) in [7, 11) is -2.30. The van der Waals surface area contributed by atoms with Gasteiger partial charge in [0.15, 0.2) is 6.61 Å². The van der Waals surface area contributed by atoms with Crippen LogP contribution < -0.4 is 9.46 Å². The lowest BCUT2D eigenvalue weighted by atomic mass is 10.3. The summed E-state index contributed by atoms with van der Waals surface area (Å²) in [6.07, 6.45) is 0. The van der Waals surface area contributed by atoms with Gasteiger partial charge < -0.3 is 9.84 Å². The lowest BCUT2D eigenvalue weighted by Crippen LogP contribution is -2.18.